The molecule has 1 saturated heterocycles. The molecule has 2 amide bonds. The Morgan fingerprint density at radius 2 is 1.89 bits per heavy atom. The predicted octanol–water partition coefficient (Wildman–Crippen LogP) is 2.79. The molecule has 0 radical (unpaired) electrons. The highest BCUT2D eigenvalue weighted by atomic mass is 16.5. The molecule has 1 heterocycles. The van der Waals surface area contributed by atoms with Gasteiger partial charge >= 0.3 is 0 Å². The molecule has 0 spiro atoms. The number of anilines is 1. The Morgan fingerprint density at radius 3 is 2.57 bits per heavy atom. The summed E-state index contributed by atoms with van der Waals surface area (Å²) in [5.41, 5.74) is 6.02. The van der Waals surface area contributed by atoms with E-state index >= 15 is 0 Å². The largest absolute Gasteiger partial charge is 0.493 e. The molecule has 142 valence electrons. The molecule has 0 bridgehead atoms. The average Bonchev–Trinajstić information content (AvgIpc) is 2.97. The SMILES string of the molecule is C#CCOc1ccc(C=C2C(=O)NN(c3ccc(C)c(C)c3)C2=O)cc1OC. The van der Waals surface area contributed by atoms with Crippen molar-refractivity contribution < 1.29 is 19.1 Å². The topological polar surface area (TPSA) is 67.9 Å². The smallest absolute Gasteiger partial charge is 0.282 e. The summed E-state index contributed by atoms with van der Waals surface area (Å²) in [6.45, 7) is 4.05. The van der Waals surface area contributed by atoms with E-state index < -0.39 is 11.8 Å². The molecule has 0 aliphatic carbocycles. The lowest BCUT2D eigenvalue weighted by molar-refractivity contribution is -0.117. The van der Waals surface area contributed by atoms with Crippen LogP contribution in [-0.4, -0.2) is 25.5 Å². The maximum absolute atomic E-state index is 12.8. The Kier molecular flexibility index (Phi) is 5.37. The number of aryl methyl sites for hydroxylation is 2. The molecule has 1 fully saturated rings. The first-order valence-corrected chi connectivity index (χ1v) is 8.63. The highest BCUT2D eigenvalue weighted by Crippen LogP contribution is 2.30. The zero-order valence-corrected chi connectivity index (χ0v) is 15.9. The van der Waals surface area contributed by atoms with Gasteiger partial charge in [-0.05, 0) is 60.9 Å². The van der Waals surface area contributed by atoms with Gasteiger partial charge in [-0.1, -0.05) is 18.1 Å². The third-order valence-electron chi connectivity index (χ3n) is 4.45. The summed E-state index contributed by atoms with van der Waals surface area (Å²) in [5.74, 6) is 2.45. The van der Waals surface area contributed by atoms with Crippen LogP contribution in [0.2, 0.25) is 0 Å². The molecule has 6 heteroatoms. The molecular weight excluding hydrogens is 356 g/mol. The van der Waals surface area contributed by atoms with E-state index in [0.29, 0.717) is 22.7 Å². The van der Waals surface area contributed by atoms with Gasteiger partial charge in [-0.15, -0.1) is 6.42 Å². The molecule has 1 N–H and O–H groups in total. The second-order valence-corrected chi connectivity index (χ2v) is 6.31. The van der Waals surface area contributed by atoms with E-state index in [1.807, 2.05) is 26.0 Å². The highest BCUT2D eigenvalue weighted by Gasteiger charge is 2.34. The van der Waals surface area contributed by atoms with Gasteiger partial charge in [-0.2, -0.15) is 0 Å². The van der Waals surface area contributed by atoms with Gasteiger partial charge in [0.15, 0.2) is 11.5 Å². The quantitative estimate of drug-likeness (QED) is 0.495. The van der Waals surface area contributed by atoms with Crippen molar-refractivity contribution in [2.45, 2.75) is 13.8 Å². The second-order valence-electron chi connectivity index (χ2n) is 6.31. The van der Waals surface area contributed by atoms with Gasteiger partial charge in [0.2, 0.25) is 0 Å². The summed E-state index contributed by atoms with van der Waals surface area (Å²) in [7, 11) is 1.50. The fraction of sp³-hybridized carbons (Fsp3) is 0.182. The molecule has 3 rings (SSSR count). The molecular formula is C22H20N2O4. The normalized spacial score (nSPS) is 14.8. The van der Waals surface area contributed by atoms with Gasteiger partial charge in [0.25, 0.3) is 11.8 Å². The third kappa shape index (κ3) is 3.69. The molecule has 1 aliphatic heterocycles. The molecule has 1 aliphatic rings. The van der Waals surface area contributed by atoms with Gasteiger partial charge in [-0.25, -0.2) is 5.01 Å². The number of amides is 2. The summed E-state index contributed by atoms with van der Waals surface area (Å²) < 4.78 is 10.7. The summed E-state index contributed by atoms with van der Waals surface area (Å²) in [5, 5.41) is 1.25. The Balaban J connectivity index is 1.90. The van der Waals surface area contributed by atoms with Crippen molar-refractivity contribution in [3.05, 3.63) is 58.7 Å². The molecule has 2 aromatic carbocycles. The van der Waals surface area contributed by atoms with E-state index in [1.165, 1.54) is 18.2 Å². The summed E-state index contributed by atoms with van der Waals surface area (Å²) in [6, 6.07) is 10.6. The molecule has 0 saturated carbocycles. The van der Waals surface area contributed by atoms with Gasteiger partial charge in [0.05, 0.1) is 12.8 Å². The number of hydrazine groups is 1. The van der Waals surface area contributed by atoms with Crippen molar-refractivity contribution in [1.82, 2.24) is 5.43 Å². The maximum Gasteiger partial charge on any atom is 0.282 e. The number of carbonyl (C=O) groups is 2. The standard InChI is InChI=1S/C22H20N2O4/c1-5-10-28-19-9-7-16(13-20(19)27-4)12-18-21(25)23-24(22(18)26)17-8-6-14(2)15(3)11-17/h1,6-9,11-13H,10H2,2-4H3,(H,23,25). The lowest BCUT2D eigenvalue weighted by atomic mass is 10.1. The minimum Gasteiger partial charge on any atom is -0.493 e. The Morgan fingerprint density at radius 1 is 1.11 bits per heavy atom. The molecule has 0 unspecified atom stereocenters. The highest BCUT2D eigenvalue weighted by molar-refractivity contribution is 6.31. The van der Waals surface area contributed by atoms with Crippen LogP contribution in [-0.2, 0) is 9.59 Å². The molecule has 0 atom stereocenters. The number of benzene rings is 2. The molecule has 0 aromatic heterocycles. The van der Waals surface area contributed by atoms with Crippen LogP contribution in [0.15, 0.2) is 42.0 Å². The number of hydrogen-bond donors (Lipinski definition) is 1. The minimum atomic E-state index is -0.463. The Bertz CT molecular complexity index is 1020. The van der Waals surface area contributed by atoms with E-state index in [-0.39, 0.29) is 12.2 Å². The molecule has 2 aromatic rings. The number of methoxy groups -OCH3 is 1. The lowest BCUT2D eigenvalue weighted by Crippen LogP contribution is -2.35. The number of nitrogens with one attached hydrogen (secondary N) is 1. The number of terminal acetylenes is 1. The number of ether oxygens (including phenoxy) is 2. The monoisotopic (exact) mass is 376 g/mol. The predicted molar refractivity (Wildman–Crippen MR) is 107 cm³/mol. The van der Waals surface area contributed by atoms with E-state index in [2.05, 4.69) is 11.3 Å². The van der Waals surface area contributed by atoms with Gasteiger partial charge in [0, 0.05) is 0 Å². The lowest BCUT2D eigenvalue weighted by Gasteiger charge is -2.16. The van der Waals surface area contributed by atoms with Crippen LogP contribution in [0.1, 0.15) is 16.7 Å². The summed E-state index contributed by atoms with van der Waals surface area (Å²) in [6.07, 6.45) is 6.72. The fourth-order valence-corrected chi connectivity index (χ4v) is 2.78. The Hall–Kier alpha value is -3.72. The first-order valence-electron chi connectivity index (χ1n) is 8.63. The van der Waals surface area contributed by atoms with Gasteiger partial charge in [-0.3, -0.25) is 15.0 Å². The zero-order chi connectivity index (χ0) is 20.3. The van der Waals surface area contributed by atoms with Crippen LogP contribution in [0.5, 0.6) is 11.5 Å². The number of rotatable bonds is 5. The van der Waals surface area contributed by atoms with E-state index in [0.717, 1.165) is 11.1 Å². The van der Waals surface area contributed by atoms with Crippen LogP contribution in [0.4, 0.5) is 5.69 Å². The minimum absolute atomic E-state index is 0.0394. The number of hydrogen-bond acceptors (Lipinski definition) is 4. The van der Waals surface area contributed by atoms with E-state index in [9.17, 15) is 9.59 Å². The first kappa shape index (κ1) is 19.1. The van der Waals surface area contributed by atoms with Crippen LogP contribution in [0, 0.1) is 26.2 Å². The van der Waals surface area contributed by atoms with Crippen LogP contribution >= 0.6 is 0 Å². The summed E-state index contributed by atoms with van der Waals surface area (Å²) in [4.78, 5) is 25.1. The fourth-order valence-electron chi connectivity index (χ4n) is 2.78. The molecule has 6 nitrogen and oxygen atoms in total. The van der Waals surface area contributed by atoms with Gasteiger partial charge in [0.1, 0.15) is 12.2 Å². The average molecular weight is 376 g/mol. The van der Waals surface area contributed by atoms with Crippen molar-refractivity contribution in [1.29, 1.82) is 0 Å². The van der Waals surface area contributed by atoms with E-state index in [4.69, 9.17) is 15.9 Å². The van der Waals surface area contributed by atoms with Gasteiger partial charge < -0.3 is 9.47 Å². The van der Waals surface area contributed by atoms with Crippen molar-refractivity contribution in [2.24, 2.45) is 0 Å². The maximum atomic E-state index is 12.8. The third-order valence-corrected chi connectivity index (χ3v) is 4.45. The van der Waals surface area contributed by atoms with Crippen LogP contribution < -0.4 is 19.9 Å². The zero-order valence-electron chi connectivity index (χ0n) is 15.9. The number of carbonyl (C=O) groups excluding carboxylic acids is 2. The van der Waals surface area contributed by atoms with Crippen LogP contribution in [0.25, 0.3) is 6.08 Å². The van der Waals surface area contributed by atoms with Crippen molar-refractivity contribution in [3.8, 4) is 23.8 Å². The first-order chi connectivity index (χ1) is 13.4. The van der Waals surface area contributed by atoms with Crippen molar-refractivity contribution >= 4 is 23.6 Å². The number of nitrogens with zero attached hydrogens (tertiary/aromatic N) is 1. The second kappa shape index (κ2) is 7.89. The van der Waals surface area contributed by atoms with Crippen molar-refractivity contribution in [3.63, 3.8) is 0 Å². The summed E-state index contributed by atoms with van der Waals surface area (Å²) >= 11 is 0. The van der Waals surface area contributed by atoms with Crippen LogP contribution in [0.3, 0.4) is 0 Å². The van der Waals surface area contributed by atoms with Crippen molar-refractivity contribution in [2.75, 3.05) is 18.7 Å². The van der Waals surface area contributed by atoms with E-state index in [1.54, 1.807) is 24.3 Å². The Labute approximate surface area is 163 Å². The molecule has 28 heavy (non-hydrogen) atoms.